The minimum absolute atomic E-state index is 0.0954. The molecule has 0 heterocycles. The van der Waals surface area contributed by atoms with Gasteiger partial charge in [0.25, 0.3) is 0 Å². The van der Waals surface area contributed by atoms with Crippen LogP contribution in [0.3, 0.4) is 0 Å². The van der Waals surface area contributed by atoms with Crippen LogP contribution in [0.4, 0.5) is 26.3 Å². The van der Waals surface area contributed by atoms with E-state index in [0.717, 1.165) is 56.4 Å². The molecule has 0 radical (unpaired) electrons. The maximum Gasteiger partial charge on any atom is 0.194 e. The van der Waals surface area contributed by atoms with Crippen molar-refractivity contribution in [1.29, 1.82) is 0 Å². The molecule has 0 aliphatic rings. The van der Waals surface area contributed by atoms with Crippen LogP contribution in [0, 0.1) is 34.9 Å². The van der Waals surface area contributed by atoms with Crippen LogP contribution in [0.2, 0.25) is 0 Å². The monoisotopic (exact) mass is 530 g/mol. The Hall–Kier alpha value is -3.48. The second kappa shape index (κ2) is 12.4. The fourth-order valence-corrected chi connectivity index (χ4v) is 4.52. The number of ether oxygens (including phenoxy) is 1. The summed E-state index contributed by atoms with van der Waals surface area (Å²) in [6, 6.07) is 11.6. The number of hydrogen-bond donors (Lipinski definition) is 0. The van der Waals surface area contributed by atoms with Crippen LogP contribution in [-0.2, 0) is 12.8 Å². The lowest BCUT2D eigenvalue weighted by Crippen LogP contribution is -2.00. The normalized spacial score (nSPS) is 11.3. The predicted molar refractivity (Wildman–Crippen MR) is 137 cm³/mol. The van der Waals surface area contributed by atoms with Crippen molar-refractivity contribution in [2.24, 2.45) is 0 Å². The van der Waals surface area contributed by atoms with Gasteiger partial charge in [-0.05, 0) is 59.5 Å². The fourth-order valence-electron chi connectivity index (χ4n) is 4.52. The molecule has 200 valence electrons. The van der Waals surface area contributed by atoms with E-state index in [1.54, 1.807) is 6.07 Å². The van der Waals surface area contributed by atoms with Crippen molar-refractivity contribution >= 4 is 10.8 Å². The zero-order valence-electron chi connectivity index (χ0n) is 21.0. The number of hydrogen-bond acceptors (Lipinski definition) is 1. The Labute approximate surface area is 218 Å². The van der Waals surface area contributed by atoms with E-state index < -0.39 is 34.9 Å². The molecule has 0 aliphatic carbocycles. The van der Waals surface area contributed by atoms with Crippen LogP contribution in [0.1, 0.15) is 50.2 Å². The van der Waals surface area contributed by atoms with Gasteiger partial charge in [-0.1, -0.05) is 56.9 Å². The van der Waals surface area contributed by atoms with Gasteiger partial charge in [-0.3, -0.25) is 0 Å². The van der Waals surface area contributed by atoms with E-state index in [-0.39, 0.29) is 40.7 Å². The van der Waals surface area contributed by atoms with Crippen molar-refractivity contribution in [2.45, 2.75) is 51.9 Å². The highest BCUT2D eigenvalue weighted by Crippen LogP contribution is 2.33. The van der Waals surface area contributed by atoms with Crippen LogP contribution < -0.4 is 4.74 Å². The highest BCUT2D eigenvalue weighted by molar-refractivity contribution is 5.88. The van der Waals surface area contributed by atoms with E-state index in [1.165, 1.54) is 24.3 Å². The molecule has 0 aromatic heterocycles. The lowest BCUT2D eigenvalue weighted by atomic mass is 9.96. The van der Waals surface area contributed by atoms with Crippen molar-refractivity contribution in [3.05, 3.63) is 101 Å². The Morgan fingerprint density at radius 2 is 1.32 bits per heavy atom. The number of unbranched alkanes of at least 4 members (excludes halogenated alkanes) is 4. The average molecular weight is 531 g/mol. The van der Waals surface area contributed by atoms with E-state index in [1.807, 2.05) is 0 Å². The molecular weight excluding hydrogens is 502 g/mol. The molecule has 38 heavy (non-hydrogen) atoms. The first-order valence-corrected chi connectivity index (χ1v) is 12.7. The van der Waals surface area contributed by atoms with Crippen LogP contribution in [-0.4, -0.2) is 6.61 Å². The summed E-state index contributed by atoms with van der Waals surface area (Å²) in [5, 5.41) is 0.681. The molecule has 0 spiro atoms. The molecule has 0 atom stereocenters. The molecular formula is C31H28F6O. The van der Waals surface area contributed by atoms with Gasteiger partial charge >= 0.3 is 0 Å². The van der Waals surface area contributed by atoms with Crippen molar-refractivity contribution in [2.75, 3.05) is 6.61 Å². The zero-order valence-corrected chi connectivity index (χ0v) is 21.0. The van der Waals surface area contributed by atoms with Crippen LogP contribution in [0.15, 0.2) is 54.6 Å². The largest absolute Gasteiger partial charge is 0.493 e. The molecule has 0 aliphatic heterocycles. The quantitative estimate of drug-likeness (QED) is 0.107. The number of fused-ring (bicyclic) bond motifs is 1. The third-order valence-corrected chi connectivity index (χ3v) is 6.58. The molecule has 0 bridgehead atoms. The molecule has 0 fully saturated rings. The molecule has 4 aromatic carbocycles. The van der Waals surface area contributed by atoms with Crippen molar-refractivity contribution in [1.82, 2.24) is 0 Å². The smallest absolute Gasteiger partial charge is 0.194 e. The first-order chi connectivity index (χ1) is 18.3. The summed E-state index contributed by atoms with van der Waals surface area (Å²) in [5.41, 5.74) is 0.519. The average Bonchev–Trinajstić information content (AvgIpc) is 2.88. The molecule has 4 aromatic rings. The third-order valence-electron chi connectivity index (χ3n) is 6.58. The highest BCUT2D eigenvalue weighted by atomic mass is 19.2. The van der Waals surface area contributed by atoms with Crippen molar-refractivity contribution < 1.29 is 31.1 Å². The third kappa shape index (κ3) is 6.32. The minimum atomic E-state index is -1.55. The summed E-state index contributed by atoms with van der Waals surface area (Å²) in [5.74, 6) is -6.12. The Morgan fingerprint density at radius 1 is 0.632 bits per heavy atom. The first kappa shape index (κ1) is 27.6. The molecule has 0 N–H and O–H groups in total. The second-order valence-electron chi connectivity index (χ2n) is 9.37. The molecule has 0 saturated carbocycles. The predicted octanol–water partition coefficient (Wildman–Crippen LogP) is 9.48. The molecule has 0 saturated heterocycles. The Kier molecular flexibility index (Phi) is 8.97. The number of aryl methyl sites for hydroxylation is 2. The second-order valence-corrected chi connectivity index (χ2v) is 9.37. The molecule has 0 unspecified atom stereocenters. The maximum absolute atomic E-state index is 15.2. The van der Waals surface area contributed by atoms with E-state index in [2.05, 4.69) is 6.92 Å². The van der Waals surface area contributed by atoms with Gasteiger partial charge in [0.2, 0.25) is 0 Å². The molecule has 7 heteroatoms. The molecule has 1 nitrogen and oxygen atoms in total. The van der Waals surface area contributed by atoms with E-state index in [9.17, 15) is 22.0 Å². The number of rotatable bonds is 11. The Bertz CT molecular complexity index is 1390. The van der Waals surface area contributed by atoms with Crippen molar-refractivity contribution in [3.8, 4) is 16.9 Å². The van der Waals surface area contributed by atoms with Crippen molar-refractivity contribution in [3.63, 3.8) is 0 Å². The summed E-state index contributed by atoms with van der Waals surface area (Å²) in [6.45, 7) is 2.50. The Balaban J connectivity index is 1.50. The summed E-state index contributed by atoms with van der Waals surface area (Å²) in [4.78, 5) is 0. The zero-order chi connectivity index (χ0) is 27.2. The lowest BCUT2D eigenvalue weighted by Gasteiger charge is -2.12. The summed E-state index contributed by atoms with van der Waals surface area (Å²) < 4.78 is 90.6. The summed E-state index contributed by atoms with van der Waals surface area (Å²) in [6.07, 6.45) is 5.39. The first-order valence-electron chi connectivity index (χ1n) is 12.7. The van der Waals surface area contributed by atoms with Crippen LogP contribution >= 0.6 is 0 Å². The highest BCUT2D eigenvalue weighted by Gasteiger charge is 2.17. The minimum Gasteiger partial charge on any atom is -0.493 e. The Morgan fingerprint density at radius 3 is 2.00 bits per heavy atom. The van der Waals surface area contributed by atoms with Gasteiger partial charge in [0.05, 0.1) is 12.2 Å². The van der Waals surface area contributed by atoms with Crippen LogP contribution in [0.5, 0.6) is 5.75 Å². The molecule has 4 rings (SSSR count). The van der Waals surface area contributed by atoms with Gasteiger partial charge in [-0.2, -0.15) is 0 Å². The van der Waals surface area contributed by atoms with E-state index in [0.29, 0.717) is 17.6 Å². The van der Waals surface area contributed by atoms with Gasteiger partial charge in [0, 0.05) is 17.5 Å². The lowest BCUT2D eigenvalue weighted by molar-refractivity contribution is 0.301. The van der Waals surface area contributed by atoms with Gasteiger partial charge in [-0.25, -0.2) is 26.3 Å². The number of benzene rings is 4. The molecule has 0 amide bonds. The topological polar surface area (TPSA) is 9.23 Å². The van der Waals surface area contributed by atoms with E-state index in [4.69, 9.17) is 4.74 Å². The van der Waals surface area contributed by atoms with Gasteiger partial charge < -0.3 is 4.74 Å². The van der Waals surface area contributed by atoms with Crippen LogP contribution in [0.25, 0.3) is 21.9 Å². The van der Waals surface area contributed by atoms with Gasteiger partial charge in [0.1, 0.15) is 23.2 Å². The van der Waals surface area contributed by atoms with Gasteiger partial charge in [-0.15, -0.1) is 0 Å². The standard InChI is InChI=1S/C31H28F6O/c1-2-3-4-5-6-13-38-23-17-25(32)29(26(33)18-23)22-11-12-24-21(16-22)10-9-20(30(24)36)8-7-19-14-27(34)31(37)28(35)15-19/h9-12,14-18H,2-8,13H2,1H3. The van der Waals surface area contributed by atoms with E-state index >= 15 is 4.39 Å². The SMILES string of the molecule is CCCCCCCOc1cc(F)c(-c2ccc3c(F)c(CCc4cc(F)c(F)c(F)c4)ccc3c2)c(F)c1. The fraction of sp³-hybridized carbons (Fsp3) is 0.290. The maximum atomic E-state index is 15.2. The summed E-state index contributed by atoms with van der Waals surface area (Å²) >= 11 is 0. The number of halogens is 6. The summed E-state index contributed by atoms with van der Waals surface area (Å²) in [7, 11) is 0. The van der Waals surface area contributed by atoms with Gasteiger partial charge in [0.15, 0.2) is 17.5 Å².